The zero-order valence-corrected chi connectivity index (χ0v) is 34.8. The summed E-state index contributed by atoms with van der Waals surface area (Å²) in [7, 11) is 0. The molecule has 10 aromatic carbocycles. The smallest absolute Gasteiger partial charge is 0.0713 e. The maximum absolute atomic E-state index is 2.50. The van der Waals surface area contributed by atoms with Gasteiger partial charge in [0.25, 0.3) is 0 Å². The molecule has 0 N–H and O–H groups in total. The number of nitrogens with zero attached hydrogens (tertiary/aromatic N) is 1. The second-order valence-electron chi connectivity index (χ2n) is 16.8. The number of hydrogen-bond acceptors (Lipinski definition) is 1. The molecule has 0 bridgehead atoms. The van der Waals surface area contributed by atoms with Gasteiger partial charge >= 0.3 is 0 Å². The molecule has 0 fully saturated rings. The molecule has 296 valence electrons. The van der Waals surface area contributed by atoms with Crippen LogP contribution in [0.2, 0.25) is 0 Å². The Morgan fingerprint density at radius 1 is 0.302 bits per heavy atom. The molecule has 2 aliphatic rings. The molecule has 0 spiro atoms. The largest absolute Gasteiger partial charge is 0.310 e. The van der Waals surface area contributed by atoms with E-state index in [2.05, 4.69) is 254 Å². The van der Waals surface area contributed by atoms with Gasteiger partial charge < -0.3 is 4.90 Å². The van der Waals surface area contributed by atoms with Crippen molar-refractivity contribution in [2.75, 3.05) is 4.90 Å². The molecule has 0 saturated heterocycles. The highest BCUT2D eigenvalue weighted by molar-refractivity contribution is 5.95. The van der Waals surface area contributed by atoms with E-state index in [4.69, 9.17) is 0 Å². The molecule has 0 heterocycles. The molecule has 1 heteroatoms. The molecular formula is C62H43N. The fourth-order valence-corrected chi connectivity index (χ4v) is 10.6. The van der Waals surface area contributed by atoms with Crippen LogP contribution in [-0.2, 0) is 11.8 Å². The molecule has 0 aromatic heterocycles. The topological polar surface area (TPSA) is 3.24 Å². The summed E-state index contributed by atoms with van der Waals surface area (Å²) in [6.07, 6.45) is 0.894. The van der Waals surface area contributed by atoms with E-state index in [-0.39, 0.29) is 0 Å². The van der Waals surface area contributed by atoms with Crippen LogP contribution in [0, 0.1) is 0 Å². The van der Waals surface area contributed by atoms with E-state index >= 15 is 0 Å². The van der Waals surface area contributed by atoms with E-state index in [0.29, 0.717) is 0 Å². The van der Waals surface area contributed by atoms with Gasteiger partial charge in [-0.25, -0.2) is 0 Å². The molecule has 0 radical (unpaired) electrons. The van der Waals surface area contributed by atoms with E-state index in [1.165, 1.54) is 94.7 Å². The molecule has 2 aliphatic carbocycles. The Labute approximate surface area is 369 Å². The van der Waals surface area contributed by atoms with Crippen molar-refractivity contribution in [2.24, 2.45) is 0 Å². The van der Waals surface area contributed by atoms with Crippen LogP contribution in [0.5, 0.6) is 0 Å². The number of hydrogen-bond donors (Lipinski definition) is 0. The Bertz CT molecular complexity index is 3290. The first-order chi connectivity index (χ1) is 31.3. The predicted molar refractivity (Wildman–Crippen MR) is 263 cm³/mol. The van der Waals surface area contributed by atoms with E-state index in [9.17, 15) is 0 Å². The van der Waals surface area contributed by atoms with Crippen molar-refractivity contribution in [3.05, 3.63) is 282 Å². The zero-order chi connectivity index (χ0) is 41.7. The van der Waals surface area contributed by atoms with Gasteiger partial charge in [-0.1, -0.05) is 212 Å². The van der Waals surface area contributed by atoms with Gasteiger partial charge in [-0.3, -0.25) is 0 Å². The maximum atomic E-state index is 2.50. The average Bonchev–Trinajstić information content (AvgIpc) is 3.90. The third-order valence-corrected chi connectivity index (χ3v) is 13.4. The van der Waals surface area contributed by atoms with Gasteiger partial charge in [0.1, 0.15) is 0 Å². The van der Waals surface area contributed by atoms with Crippen LogP contribution in [0.15, 0.2) is 249 Å². The van der Waals surface area contributed by atoms with Gasteiger partial charge in [0.15, 0.2) is 0 Å². The van der Waals surface area contributed by atoms with Crippen LogP contribution in [0.1, 0.15) is 33.4 Å². The molecule has 1 nitrogen and oxygen atoms in total. The molecule has 12 rings (SSSR count). The van der Waals surface area contributed by atoms with Gasteiger partial charge in [0, 0.05) is 17.7 Å². The number of fused-ring (bicyclic) bond motifs is 6. The molecule has 1 unspecified atom stereocenters. The van der Waals surface area contributed by atoms with Crippen molar-refractivity contribution in [3.8, 4) is 55.6 Å². The van der Waals surface area contributed by atoms with Crippen molar-refractivity contribution >= 4 is 17.1 Å². The van der Waals surface area contributed by atoms with Crippen LogP contribution < -0.4 is 4.90 Å². The van der Waals surface area contributed by atoms with E-state index in [0.717, 1.165) is 17.8 Å². The van der Waals surface area contributed by atoms with E-state index < -0.39 is 5.41 Å². The second-order valence-corrected chi connectivity index (χ2v) is 16.8. The Morgan fingerprint density at radius 2 is 0.825 bits per heavy atom. The average molecular weight is 802 g/mol. The first kappa shape index (κ1) is 36.8. The van der Waals surface area contributed by atoms with Gasteiger partial charge in [-0.2, -0.15) is 0 Å². The SMILES string of the molecule is c1ccc(-c2ccc(N(c3ccccc3-c3ccc4c(c3)-c3ccccc3C4(c3ccccc3)c3cccc(-c4ccccc4)c3)c3cccc4c3Cc3ccccc3-4)cc2)cc1. The van der Waals surface area contributed by atoms with Gasteiger partial charge in [0.2, 0.25) is 0 Å². The van der Waals surface area contributed by atoms with Crippen molar-refractivity contribution in [1.29, 1.82) is 0 Å². The van der Waals surface area contributed by atoms with E-state index in [1.54, 1.807) is 0 Å². The van der Waals surface area contributed by atoms with E-state index in [1.807, 2.05) is 0 Å². The summed E-state index contributed by atoms with van der Waals surface area (Å²) < 4.78 is 0. The van der Waals surface area contributed by atoms with Gasteiger partial charge in [-0.05, 0) is 120 Å². The number of anilines is 3. The molecule has 0 amide bonds. The first-order valence-corrected chi connectivity index (χ1v) is 22.0. The third-order valence-electron chi connectivity index (χ3n) is 13.4. The minimum Gasteiger partial charge on any atom is -0.310 e. The van der Waals surface area contributed by atoms with Crippen LogP contribution in [0.25, 0.3) is 55.6 Å². The molecule has 63 heavy (non-hydrogen) atoms. The van der Waals surface area contributed by atoms with Crippen molar-refractivity contribution in [2.45, 2.75) is 11.8 Å². The lowest BCUT2D eigenvalue weighted by molar-refractivity contribution is 0.769. The molecule has 10 aromatic rings. The number of para-hydroxylation sites is 1. The Hall–Kier alpha value is -8.00. The highest BCUT2D eigenvalue weighted by Gasteiger charge is 2.46. The molecule has 1 atom stereocenters. The zero-order valence-electron chi connectivity index (χ0n) is 34.8. The predicted octanol–water partition coefficient (Wildman–Crippen LogP) is 16.1. The minimum atomic E-state index is -0.512. The third kappa shape index (κ3) is 6.00. The van der Waals surface area contributed by atoms with Crippen molar-refractivity contribution in [1.82, 2.24) is 0 Å². The molecular weight excluding hydrogens is 759 g/mol. The monoisotopic (exact) mass is 801 g/mol. The Kier molecular flexibility index (Phi) is 8.86. The summed E-state index contributed by atoms with van der Waals surface area (Å²) in [5.74, 6) is 0. The molecule has 0 saturated carbocycles. The Balaban J connectivity index is 1.05. The van der Waals surface area contributed by atoms with Gasteiger partial charge in [0.05, 0.1) is 16.8 Å². The second kappa shape index (κ2) is 15.2. The van der Waals surface area contributed by atoms with Crippen LogP contribution in [0.3, 0.4) is 0 Å². The van der Waals surface area contributed by atoms with Crippen molar-refractivity contribution in [3.63, 3.8) is 0 Å². The van der Waals surface area contributed by atoms with Crippen molar-refractivity contribution < 1.29 is 0 Å². The minimum absolute atomic E-state index is 0.512. The highest BCUT2D eigenvalue weighted by atomic mass is 15.1. The normalized spacial score (nSPS) is 14.3. The Morgan fingerprint density at radius 3 is 1.60 bits per heavy atom. The standard InChI is InChI=1S/C62H43N/c1-4-18-43(19-5-1)45-34-37-51(38-35-45)63(61-33-17-30-54-52-27-11-10-22-47(52)42-57(54)61)60-32-15-13-28-53(60)48-36-39-59-56(41-48)55-29-12-14-31-58(55)62(59,49-24-8-3-9-25-49)50-26-16-23-46(40-50)44-20-6-2-7-21-44/h1-41H,42H2. The lowest BCUT2D eigenvalue weighted by Gasteiger charge is -2.34. The van der Waals surface area contributed by atoms with Gasteiger partial charge in [-0.15, -0.1) is 0 Å². The lowest BCUT2D eigenvalue weighted by Crippen LogP contribution is -2.28. The number of rotatable bonds is 8. The molecule has 0 aliphatic heterocycles. The number of benzene rings is 10. The highest BCUT2D eigenvalue weighted by Crippen LogP contribution is 2.57. The van der Waals surface area contributed by atoms with Crippen LogP contribution >= 0.6 is 0 Å². The quantitative estimate of drug-likeness (QED) is 0.148. The summed E-state index contributed by atoms with van der Waals surface area (Å²) in [4.78, 5) is 2.50. The summed E-state index contributed by atoms with van der Waals surface area (Å²) in [6, 6.07) is 91.8. The lowest BCUT2D eigenvalue weighted by atomic mass is 9.67. The van der Waals surface area contributed by atoms with Crippen LogP contribution in [-0.4, -0.2) is 0 Å². The summed E-state index contributed by atoms with van der Waals surface area (Å²) in [5, 5.41) is 0. The first-order valence-electron chi connectivity index (χ1n) is 22.0. The van der Waals surface area contributed by atoms with Crippen LogP contribution in [0.4, 0.5) is 17.1 Å². The summed E-state index contributed by atoms with van der Waals surface area (Å²) in [5.41, 5.74) is 23.2. The summed E-state index contributed by atoms with van der Waals surface area (Å²) >= 11 is 0. The maximum Gasteiger partial charge on any atom is 0.0713 e. The fourth-order valence-electron chi connectivity index (χ4n) is 10.6. The fraction of sp³-hybridized carbons (Fsp3) is 0.0323. The summed E-state index contributed by atoms with van der Waals surface area (Å²) in [6.45, 7) is 0.